The second-order valence-corrected chi connectivity index (χ2v) is 36.3. The van der Waals surface area contributed by atoms with Gasteiger partial charge in [0.1, 0.15) is 39.6 Å². The number of esters is 6. The number of anilines is 4. The Bertz CT molecular complexity index is 3380. The van der Waals surface area contributed by atoms with Crippen LogP contribution in [0, 0.1) is 55.2 Å². The number of aliphatic hydroxyl groups is 6. The van der Waals surface area contributed by atoms with E-state index in [1.54, 1.807) is 69.3 Å². The molecule has 28 nitrogen and oxygen atoms in total. The Kier molecular flexibility index (Phi) is 48.4. The fourth-order valence-electron chi connectivity index (χ4n) is 12.2. The maximum absolute atomic E-state index is 13.7. The zero-order chi connectivity index (χ0) is 91.4. The minimum absolute atomic E-state index is 0.00252. The van der Waals surface area contributed by atoms with Crippen molar-refractivity contribution in [2.45, 2.75) is 147 Å². The first-order valence-corrected chi connectivity index (χ1v) is 42.9. The molecule has 4 atom stereocenters. The number of hydrogen-bond acceptors (Lipinski definition) is 28. The van der Waals surface area contributed by atoms with Gasteiger partial charge in [-0.15, -0.1) is 0 Å². The summed E-state index contributed by atoms with van der Waals surface area (Å²) in [6.07, 6.45) is 7.22. The second-order valence-electron chi connectivity index (χ2n) is 36.3. The topological polar surface area (TPSA) is 348 Å². The second kappa shape index (κ2) is 54.3. The highest BCUT2D eigenvalue weighted by Gasteiger charge is 2.40. The lowest BCUT2D eigenvalue weighted by Gasteiger charge is -2.37. The van der Waals surface area contributed by atoms with Gasteiger partial charge < -0.3 is 107 Å². The van der Waals surface area contributed by atoms with Gasteiger partial charge in [-0.05, 0) is 136 Å². The minimum Gasteiger partial charge on any atom is -0.465 e. The molecule has 0 radical (unpaired) electrons. The molecule has 0 saturated heterocycles. The average Bonchev–Trinajstić information content (AvgIpc) is 0.834. The number of rotatable bonds is 62. The van der Waals surface area contributed by atoms with Crippen molar-refractivity contribution in [3.05, 3.63) is 119 Å². The summed E-state index contributed by atoms with van der Waals surface area (Å²) < 4.78 is 73.8. The number of unbranched alkanes of at least 4 members (excludes halogenated alkanes) is 2. The fraction of sp³-hybridized carbons (Fsp3) is 0.681. The van der Waals surface area contributed by atoms with E-state index in [-0.39, 0.29) is 182 Å². The summed E-state index contributed by atoms with van der Waals surface area (Å²) in [5.74, 6) is -3.52. The zero-order valence-corrected chi connectivity index (χ0v) is 77.3. The molecule has 0 aliphatic carbocycles. The molecule has 0 fully saturated rings. The van der Waals surface area contributed by atoms with Gasteiger partial charge in [-0.3, -0.25) is 9.59 Å². The van der Waals surface area contributed by atoms with Crippen LogP contribution in [0.3, 0.4) is 0 Å². The van der Waals surface area contributed by atoms with Gasteiger partial charge in [-0.2, -0.15) is 0 Å². The number of carbonyl (C=O) groups excluding carboxylic acids is 6. The van der Waals surface area contributed by atoms with E-state index in [4.69, 9.17) is 56.8 Å². The molecule has 0 saturated carbocycles. The Morgan fingerprint density at radius 2 is 0.467 bits per heavy atom. The molecule has 4 aromatic rings. The zero-order valence-electron chi connectivity index (χ0n) is 77.3. The molecule has 122 heavy (non-hydrogen) atoms. The van der Waals surface area contributed by atoms with Crippen molar-refractivity contribution >= 4 is 58.6 Å². The van der Waals surface area contributed by atoms with Gasteiger partial charge in [0.2, 0.25) is 0 Å². The van der Waals surface area contributed by atoms with Crippen LogP contribution in [-0.2, 0) is 66.4 Å². The van der Waals surface area contributed by atoms with Gasteiger partial charge in [-0.25, -0.2) is 19.2 Å². The van der Waals surface area contributed by atoms with Crippen molar-refractivity contribution in [3.63, 3.8) is 0 Å². The molecule has 0 amide bonds. The largest absolute Gasteiger partial charge is 0.465 e. The molecule has 0 spiro atoms. The van der Waals surface area contributed by atoms with E-state index in [0.29, 0.717) is 60.8 Å². The highest BCUT2D eigenvalue weighted by molar-refractivity contribution is 5.91. The Labute approximate surface area is 727 Å². The van der Waals surface area contributed by atoms with Crippen LogP contribution in [0.25, 0.3) is 0 Å². The molecule has 4 rings (SSSR count). The number of ether oxygens (including phenoxy) is 12. The number of aliphatic hydroxyl groups excluding tert-OH is 6. The van der Waals surface area contributed by atoms with Gasteiger partial charge in [-0.1, -0.05) is 109 Å². The fourth-order valence-corrected chi connectivity index (χ4v) is 12.2. The summed E-state index contributed by atoms with van der Waals surface area (Å²) in [5, 5.41) is 56.7. The third-order valence-corrected chi connectivity index (χ3v) is 22.2. The first-order valence-electron chi connectivity index (χ1n) is 42.9. The predicted molar refractivity (Wildman–Crippen MR) is 474 cm³/mol. The molecule has 4 unspecified atom stereocenters. The summed E-state index contributed by atoms with van der Waals surface area (Å²) in [4.78, 5) is 89.8. The number of benzene rings is 4. The van der Waals surface area contributed by atoms with E-state index >= 15 is 0 Å². The van der Waals surface area contributed by atoms with Crippen LogP contribution in [0.5, 0.6) is 0 Å². The summed E-state index contributed by atoms with van der Waals surface area (Å²) in [6, 6.07) is 28.2. The lowest BCUT2D eigenvalue weighted by Crippen LogP contribution is -2.44. The van der Waals surface area contributed by atoms with E-state index in [1.165, 1.54) is 0 Å². The van der Waals surface area contributed by atoms with Gasteiger partial charge in [0.15, 0.2) is 0 Å². The van der Waals surface area contributed by atoms with Crippen LogP contribution in [-0.4, -0.2) is 281 Å². The van der Waals surface area contributed by atoms with Crippen LogP contribution in [0.15, 0.2) is 97.1 Å². The van der Waals surface area contributed by atoms with Crippen molar-refractivity contribution in [1.82, 2.24) is 0 Å². The van der Waals surface area contributed by atoms with Gasteiger partial charge >= 0.3 is 35.8 Å². The van der Waals surface area contributed by atoms with Gasteiger partial charge in [0, 0.05) is 106 Å². The molecule has 0 aliphatic rings. The maximum atomic E-state index is 13.7. The van der Waals surface area contributed by atoms with E-state index in [1.807, 2.05) is 173 Å². The molecule has 0 aliphatic heterocycles. The Morgan fingerprint density at radius 3 is 0.631 bits per heavy atom. The van der Waals surface area contributed by atoms with Crippen LogP contribution in [0.2, 0.25) is 0 Å². The Balaban J connectivity index is 0.00000108. The summed E-state index contributed by atoms with van der Waals surface area (Å²) in [6.45, 7) is 21.5. The van der Waals surface area contributed by atoms with Crippen molar-refractivity contribution in [2.75, 3.05) is 235 Å². The highest BCUT2D eigenvalue weighted by atomic mass is 16.6. The van der Waals surface area contributed by atoms with Gasteiger partial charge in [0.25, 0.3) is 0 Å². The monoisotopic (exact) mass is 1720 g/mol. The quantitative estimate of drug-likeness (QED) is 0.0177. The molecule has 6 N–H and O–H groups in total. The third kappa shape index (κ3) is 37.7. The third-order valence-electron chi connectivity index (χ3n) is 22.2. The first-order chi connectivity index (χ1) is 57.7. The molecule has 0 heterocycles. The number of carbonyl (C=O) groups is 6. The Morgan fingerprint density at radius 1 is 0.279 bits per heavy atom. The molecule has 0 aromatic heterocycles. The maximum Gasteiger partial charge on any atom is 0.338 e. The standard InChI is InChI=1S/C73H108N4O15.C21H44O9/c1-17-22-24-54(19-3)64(78)87-45-70(6,47-89-66(80)56-26-34-60(35-27-56)74(9)10)42-84-51-73(21-5,52-85-43-71(7,46-88-65(79)55(20-4)25-23-18-2)48-90-67(81)57-28-36-61(37-29-57)75(11)12)53-86-44-72(8,49-91-68(82)58-30-38-62(39-31-58)76(13)14)50-92-69(83)59-32-40-63(41-33-59)77(15)16;1-5-21(15-28-12-18(2,6-22)7-23,16-29-13-19(3,8-24)9-25)17-30-14-20(4,10-26)11-27/h26-41,54-55H,17-25,42-53H2,1-16H3;22-27H,5-17H2,1-4H3. The molecule has 692 valence electrons. The van der Waals surface area contributed by atoms with Crippen molar-refractivity contribution in [3.8, 4) is 0 Å². The van der Waals surface area contributed by atoms with E-state index in [2.05, 4.69) is 13.8 Å². The van der Waals surface area contributed by atoms with Crippen LogP contribution in [0.4, 0.5) is 22.7 Å². The van der Waals surface area contributed by atoms with E-state index < -0.39 is 67.2 Å². The minimum atomic E-state index is -1.10. The van der Waals surface area contributed by atoms with Crippen molar-refractivity contribution < 1.29 is 116 Å². The smallest absolute Gasteiger partial charge is 0.338 e. The normalized spacial score (nSPS) is 14.0. The lowest BCUT2D eigenvalue weighted by molar-refractivity contribution is -0.158. The molecule has 0 bridgehead atoms. The lowest BCUT2D eigenvalue weighted by atomic mass is 9.86. The van der Waals surface area contributed by atoms with E-state index in [9.17, 15) is 59.4 Å². The molecular weight excluding hydrogens is 1570 g/mol. The number of nitrogens with zero attached hydrogens (tertiary/aromatic N) is 4. The SMILES string of the molecule is CCC(COCC(C)(CO)CO)(COCC(C)(CO)CO)COCC(C)(CO)CO.CCCCC(CC)C(=O)OCC(C)(COCC(CC)(COCC(C)(COC(=O)c1ccc(N(C)C)cc1)COC(=O)c1ccc(N(C)C)cc1)COCC(C)(COC(=O)c1ccc(N(C)C)cc1)COC(=O)C(CC)CCCC)COC(=O)c1ccc(N(C)C)cc1. The summed E-state index contributed by atoms with van der Waals surface area (Å²) in [7, 11) is 15.3. The van der Waals surface area contributed by atoms with Crippen LogP contribution < -0.4 is 19.6 Å². The average molecular weight is 1720 g/mol. The number of hydrogen-bond donors (Lipinski definition) is 6. The predicted octanol–water partition coefficient (Wildman–Crippen LogP) is 12.1. The summed E-state index contributed by atoms with van der Waals surface area (Å²) in [5.41, 5.74) is -1.99. The van der Waals surface area contributed by atoms with E-state index in [0.717, 1.165) is 48.4 Å². The first kappa shape index (κ1) is 109. The summed E-state index contributed by atoms with van der Waals surface area (Å²) >= 11 is 0. The van der Waals surface area contributed by atoms with Crippen molar-refractivity contribution in [2.24, 2.45) is 55.2 Å². The highest BCUT2D eigenvalue weighted by Crippen LogP contribution is 2.34. The van der Waals surface area contributed by atoms with Gasteiger partial charge in [0.05, 0.1) is 169 Å². The molecule has 4 aromatic carbocycles. The Hall–Kier alpha value is -7.58. The molecular formula is C94H152N4O24. The van der Waals surface area contributed by atoms with Crippen molar-refractivity contribution in [1.29, 1.82) is 0 Å². The molecule has 28 heteroatoms. The van der Waals surface area contributed by atoms with Crippen LogP contribution in [0.1, 0.15) is 189 Å². The van der Waals surface area contributed by atoms with Crippen LogP contribution >= 0.6 is 0 Å².